The summed E-state index contributed by atoms with van der Waals surface area (Å²) in [5.41, 5.74) is 1.45. The molecule has 0 spiro atoms. The summed E-state index contributed by atoms with van der Waals surface area (Å²) in [5.74, 6) is 2.09. The Morgan fingerprint density at radius 3 is 2.68 bits per heavy atom. The van der Waals surface area contributed by atoms with Gasteiger partial charge in [-0.05, 0) is 30.7 Å². The van der Waals surface area contributed by atoms with Crippen LogP contribution in [0.5, 0.6) is 5.75 Å². The fourth-order valence-corrected chi connectivity index (χ4v) is 4.09. The standard InChI is InChI=1S/C16H19NOS/c1-16(2)10-19-15(17-16)14-12-7-5-4-6-11(12)8-9-13(14)18-3/h4-9,15,17H,10H2,1-3H3. The summed E-state index contributed by atoms with van der Waals surface area (Å²) in [6, 6.07) is 12.7. The van der Waals surface area contributed by atoms with Crippen molar-refractivity contribution in [3.63, 3.8) is 0 Å². The number of ether oxygens (including phenoxy) is 1. The molecule has 3 rings (SSSR count). The summed E-state index contributed by atoms with van der Waals surface area (Å²) in [4.78, 5) is 0. The first kappa shape index (κ1) is 12.8. The fourth-order valence-electron chi connectivity index (χ4n) is 2.61. The van der Waals surface area contributed by atoms with Gasteiger partial charge in [-0.15, -0.1) is 11.8 Å². The summed E-state index contributed by atoms with van der Waals surface area (Å²) in [6.45, 7) is 4.50. The predicted octanol–water partition coefficient (Wildman–Crippen LogP) is 3.96. The third kappa shape index (κ3) is 2.33. The molecule has 2 aromatic rings. The zero-order chi connectivity index (χ0) is 13.5. The topological polar surface area (TPSA) is 21.3 Å². The van der Waals surface area contributed by atoms with Crippen molar-refractivity contribution >= 4 is 22.5 Å². The van der Waals surface area contributed by atoms with Crippen molar-refractivity contribution in [2.75, 3.05) is 12.9 Å². The van der Waals surface area contributed by atoms with Gasteiger partial charge < -0.3 is 4.74 Å². The van der Waals surface area contributed by atoms with E-state index in [0.717, 1.165) is 11.5 Å². The van der Waals surface area contributed by atoms with Crippen LogP contribution in [-0.2, 0) is 0 Å². The van der Waals surface area contributed by atoms with E-state index in [4.69, 9.17) is 4.74 Å². The zero-order valence-electron chi connectivity index (χ0n) is 11.6. The van der Waals surface area contributed by atoms with Gasteiger partial charge in [0.15, 0.2) is 0 Å². The van der Waals surface area contributed by atoms with Gasteiger partial charge in [0.2, 0.25) is 0 Å². The largest absolute Gasteiger partial charge is 0.496 e. The summed E-state index contributed by atoms with van der Waals surface area (Å²) in [6.07, 6.45) is 0. The highest BCUT2D eigenvalue weighted by molar-refractivity contribution is 7.99. The average Bonchev–Trinajstić information content (AvgIpc) is 2.77. The quantitative estimate of drug-likeness (QED) is 0.895. The molecule has 1 saturated heterocycles. The lowest BCUT2D eigenvalue weighted by atomic mass is 10.0. The minimum atomic E-state index is 0.178. The van der Waals surface area contributed by atoms with Gasteiger partial charge in [0.25, 0.3) is 0 Å². The third-order valence-electron chi connectivity index (χ3n) is 3.55. The van der Waals surface area contributed by atoms with Gasteiger partial charge in [0, 0.05) is 16.9 Å². The van der Waals surface area contributed by atoms with Crippen LogP contribution in [0, 0.1) is 0 Å². The van der Waals surface area contributed by atoms with Crippen LogP contribution >= 0.6 is 11.8 Å². The molecule has 1 N–H and O–H groups in total. The Labute approximate surface area is 118 Å². The van der Waals surface area contributed by atoms with Gasteiger partial charge in [-0.3, -0.25) is 5.32 Å². The molecule has 2 aromatic carbocycles. The molecule has 0 aromatic heterocycles. The van der Waals surface area contributed by atoms with Crippen molar-refractivity contribution in [1.82, 2.24) is 5.32 Å². The number of hydrogen-bond acceptors (Lipinski definition) is 3. The molecule has 1 atom stereocenters. The van der Waals surface area contributed by atoms with Crippen molar-refractivity contribution in [2.45, 2.75) is 24.8 Å². The first-order valence-electron chi connectivity index (χ1n) is 6.56. The summed E-state index contributed by atoms with van der Waals surface area (Å²) in [7, 11) is 1.75. The molecule has 2 nitrogen and oxygen atoms in total. The van der Waals surface area contributed by atoms with Gasteiger partial charge in [-0.2, -0.15) is 0 Å². The molecule has 0 amide bonds. The smallest absolute Gasteiger partial charge is 0.125 e. The minimum absolute atomic E-state index is 0.178. The lowest BCUT2D eigenvalue weighted by Crippen LogP contribution is -2.36. The highest BCUT2D eigenvalue weighted by Crippen LogP contribution is 2.43. The van der Waals surface area contributed by atoms with Gasteiger partial charge >= 0.3 is 0 Å². The number of methoxy groups -OCH3 is 1. The molecule has 1 aliphatic rings. The Bertz CT molecular complexity index is 609. The normalized spacial score (nSPS) is 21.7. The van der Waals surface area contributed by atoms with Crippen molar-refractivity contribution in [2.24, 2.45) is 0 Å². The second-order valence-electron chi connectivity index (χ2n) is 5.62. The van der Waals surface area contributed by atoms with E-state index < -0.39 is 0 Å². The van der Waals surface area contributed by atoms with Crippen LogP contribution in [0.3, 0.4) is 0 Å². The van der Waals surface area contributed by atoms with E-state index in [1.165, 1.54) is 16.3 Å². The number of nitrogens with one attached hydrogen (secondary N) is 1. The van der Waals surface area contributed by atoms with Crippen molar-refractivity contribution in [3.05, 3.63) is 42.0 Å². The van der Waals surface area contributed by atoms with E-state index in [1.807, 2.05) is 11.8 Å². The second-order valence-corrected chi connectivity index (χ2v) is 6.72. The zero-order valence-corrected chi connectivity index (χ0v) is 12.4. The number of thioether (sulfide) groups is 1. The fraction of sp³-hybridized carbons (Fsp3) is 0.375. The van der Waals surface area contributed by atoms with E-state index in [1.54, 1.807) is 7.11 Å². The molecule has 1 aliphatic heterocycles. The first-order chi connectivity index (χ1) is 9.11. The van der Waals surface area contributed by atoms with Crippen LogP contribution in [0.2, 0.25) is 0 Å². The van der Waals surface area contributed by atoms with Crippen LogP contribution in [0.4, 0.5) is 0 Å². The molecule has 0 aliphatic carbocycles. The number of benzene rings is 2. The van der Waals surface area contributed by atoms with E-state index in [-0.39, 0.29) is 5.54 Å². The highest BCUT2D eigenvalue weighted by Gasteiger charge is 2.33. The molecule has 0 bridgehead atoms. The maximum absolute atomic E-state index is 5.58. The molecule has 100 valence electrons. The molecule has 0 saturated carbocycles. The molecular formula is C16H19NOS. The second kappa shape index (κ2) is 4.73. The van der Waals surface area contributed by atoms with E-state index >= 15 is 0 Å². The lowest BCUT2D eigenvalue weighted by Gasteiger charge is -2.21. The van der Waals surface area contributed by atoms with Crippen LogP contribution in [-0.4, -0.2) is 18.4 Å². The van der Waals surface area contributed by atoms with Gasteiger partial charge in [0.1, 0.15) is 5.75 Å². The Morgan fingerprint density at radius 1 is 1.21 bits per heavy atom. The number of hydrogen-bond donors (Lipinski definition) is 1. The van der Waals surface area contributed by atoms with Gasteiger partial charge in [0.05, 0.1) is 12.5 Å². The summed E-state index contributed by atoms with van der Waals surface area (Å²) >= 11 is 1.96. The molecule has 1 fully saturated rings. The molecular weight excluding hydrogens is 254 g/mol. The average molecular weight is 273 g/mol. The van der Waals surface area contributed by atoms with Crippen LogP contribution in [0.15, 0.2) is 36.4 Å². The van der Waals surface area contributed by atoms with Crippen LogP contribution in [0.1, 0.15) is 24.8 Å². The van der Waals surface area contributed by atoms with Crippen LogP contribution in [0.25, 0.3) is 10.8 Å². The predicted molar refractivity (Wildman–Crippen MR) is 82.9 cm³/mol. The Morgan fingerprint density at radius 2 is 2.00 bits per heavy atom. The number of rotatable bonds is 2. The molecule has 0 radical (unpaired) electrons. The lowest BCUT2D eigenvalue weighted by molar-refractivity contribution is 0.400. The van der Waals surface area contributed by atoms with E-state index in [2.05, 4.69) is 55.6 Å². The Balaban J connectivity index is 2.15. The van der Waals surface area contributed by atoms with Gasteiger partial charge in [-0.25, -0.2) is 0 Å². The number of fused-ring (bicyclic) bond motifs is 1. The SMILES string of the molecule is COc1ccc2ccccc2c1C1NC(C)(C)CS1. The van der Waals surface area contributed by atoms with Crippen molar-refractivity contribution < 1.29 is 4.74 Å². The maximum Gasteiger partial charge on any atom is 0.125 e. The molecule has 1 unspecified atom stereocenters. The van der Waals surface area contributed by atoms with Crippen LogP contribution < -0.4 is 10.1 Å². The monoisotopic (exact) mass is 273 g/mol. The summed E-state index contributed by atoms with van der Waals surface area (Å²) < 4.78 is 5.58. The maximum atomic E-state index is 5.58. The Hall–Kier alpha value is -1.19. The molecule has 19 heavy (non-hydrogen) atoms. The van der Waals surface area contributed by atoms with E-state index in [9.17, 15) is 0 Å². The Kier molecular flexibility index (Phi) is 3.19. The van der Waals surface area contributed by atoms with Crippen molar-refractivity contribution in [1.29, 1.82) is 0 Å². The summed E-state index contributed by atoms with van der Waals surface area (Å²) in [5, 5.41) is 6.55. The van der Waals surface area contributed by atoms with E-state index in [0.29, 0.717) is 5.37 Å². The first-order valence-corrected chi connectivity index (χ1v) is 7.60. The third-order valence-corrected chi connectivity index (χ3v) is 5.12. The minimum Gasteiger partial charge on any atom is -0.496 e. The van der Waals surface area contributed by atoms with Crippen molar-refractivity contribution in [3.8, 4) is 5.75 Å². The molecule has 1 heterocycles. The molecule has 3 heteroatoms. The van der Waals surface area contributed by atoms with Gasteiger partial charge in [-0.1, -0.05) is 30.3 Å². The highest BCUT2D eigenvalue weighted by atomic mass is 32.2.